The molecule has 0 saturated heterocycles. The molecule has 0 atom stereocenters. The van der Waals surface area contributed by atoms with E-state index in [1.807, 2.05) is 0 Å². The molecule has 138 valence electrons. The Morgan fingerprint density at radius 1 is 0.640 bits per heavy atom. The molecule has 0 radical (unpaired) electrons. The zero-order valence-corrected chi connectivity index (χ0v) is 17.7. The average Bonchev–Trinajstić information content (AvgIpc) is 2.67. The van der Waals surface area contributed by atoms with Crippen LogP contribution in [0.25, 0.3) is 10.8 Å². The average molecular weight is 358 g/mol. The molecule has 0 aromatic heterocycles. The highest BCUT2D eigenvalue weighted by molar-refractivity contribution is 7.75. The van der Waals surface area contributed by atoms with E-state index < -0.39 is 7.26 Å². The van der Waals surface area contributed by atoms with Crippen LogP contribution in [0.1, 0.15) is 64.9 Å². The first-order valence-corrected chi connectivity index (χ1v) is 13.1. The third kappa shape index (κ3) is 6.10. The molecule has 0 fully saturated rings. The predicted octanol–water partition coefficient (Wildman–Crippen LogP) is 7.80. The Labute approximate surface area is 156 Å². The lowest BCUT2D eigenvalue weighted by Gasteiger charge is -2.28. The van der Waals surface area contributed by atoms with Gasteiger partial charge in [0.1, 0.15) is 0 Å². The van der Waals surface area contributed by atoms with Crippen LogP contribution in [0, 0.1) is 0 Å². The molecule has 0 heterocycles. The normalized spacial score (nSPS) is 12.0. The van der Waals surface area contributed by atoms with Gasteiger partial charge in [0.15, 0.2) is 0 Å². The second kappa shape index (κ2) is 11.0. The van der Waals surface area contributed by atoms with E-state index in [-0.39, 0.29) is 0 Å². The molecule has 0 aliphatic rings. The first-order chi connectivity index (χ1) is 12.2. The highest BCUT2D eigenvalue weighted by Gasteiger charge is 2.34. The van der Waals surface area contributed by atoms with E-state index in [9.17, 15) is 0 Å². The zero-order valence-electron chi connectivity index (χ0n) is 16.8. The summed E-state index contributed by atoms with van der Waals surface area (Å²) in [7, 11) is -0.789. The van der Waals surface area contributed by atoms with Crippen molar-refractivity contribution in [2.24, 2.45) is 0 Å². The molecule has 2 aromatic rings. The van der Waals surface area contributed by atoms with Gasteiger partial charge in [0.25, 0.3) is 0 Å². The molecule has 0 aliphatic carbocycles. The lowest BCUT2D eigenvalue weighted by molar-refractivity contribution is 0.830. The van der Waals surface area contributed by atoms with E-state index >= 15 is 0 Å². The number of aryl methyl sites for hydroxylation is 1. The maximum absolute atomic E-state index is 2.37. The highest BCUT2D eigenvalue weighted by Crippen LogP contribution is 2.61. The van der Waals surface area contributed by atoms with Crippen molar-refractivity contribution >= 4 is 18.0 Å². The molecule has 25 heavy (non-hydrogen) atoms. The topological polar surface area (TPSA) is 0 Å². The molecule has 0 spiro atoms. The molecule has 0 amide bonds. The quantitative estimate of drug-likeness (QED) is 0.340. The second-order valence-electron chi connectivity index (χ2n) is 7.69. The Bertz CT molecular complexity index is 589. The number of hydrogen-bond acceptors (Lipinski definition) is 0. The first kappa shape index (κ1) is 20.4. The van der Waals surface area contributed by atoms with E-state index in [1.165, 1.54) is 80.4 Å². The van der Waals surface area contributed by atoms with Crippen molar-refractivity contribution in [3.05, 3.63) is 48.0 Å². The summed E-state index contributed by atoms with van der Waals surface area (Å²) in [5, 5.41) is 2.88. The predicted molar refractivity (Wildman–Crippen MR) is 119 cm³/mol. The van der Waals surface area contributed by atoms with Crippen molar-refractivity contribution in [1.29, 1.82) is 0 Å². The number of fused-ring (bicyclic) bond motifs is 1. The van der Waals surface area contributed by atoms with Crippen LogP contribution < -0.4 is 0 Å². The van der Waals surface area contributed by atoms with Gasteiger partial charge in [-0.15, -0.1) is 0 Å². The minimum absolute atomic E-state index is 0.789. The summed E-state index contributed by atoms with van der Waals surface area (Å²) in [5.74, 6) is 0. The smallest absolute Gasteiger partial charge is 0.0634 e. The van der Waals surface area contributed by atoms with Crippen LogP contribution in [0.5, 0.6) is 0 Å². The molecule has 0 nitrogen and oxygen atoms in total. The monoisotopic (exact) mass is 357 g/mol. The number of rotatable bonds is 12. The summed E-state index contributed by atoms with van der Waals surface area (Å²) in [6, 6.07) is 15.8. The van der Waals surface area contributed by atoms with Crippen LogP contribution in [0.4, 0.5) is 0 Å². The molecule has 2 aromatic carbocycles. The van der Waals surface area contributed by atoms with E-state index in [1.54, 1.807) is 5.56 Å². The van der Waals surface area contributed by atoms with Gasteiger partial charge in [-0.05, 0) is 35.6 Å². The highest BCUT2D eigenvalue weighted by atomic mass is 31.2. The summed E-state index contributed by atoms with van der Waals surface area (Å²) in [6.07, 6.45) is 15.8. The Hall–Kier alpha value is -0.870. The standard InChI is InChI=1S/C24H38P/c1-4-7-18-25(19-8-5-2,20-9-6-3)21-17-23-15-12-14-22-13-10-11-16-24(22)23/h10-16H,4-9,17-21H2,1-3H3/q+1. The molecule has 0 bridgehead atoms. The summed E-state index contributed by atoms with van der Waals surface area (Å²) in [5.41, 5.74) is 1.58. The third-order valence-electron chi connectivity index (χ3n) is 5.69. The summed E-state index contributed by atoms with van der Waals surface area (Å²) in [6.45, 7) is 7.08. The van der Waals surface area contributed by atoms with Crippen molar-refractivity contribution < 1.29 is 0 Å². The van der Waals surface area contributed by atoms with Crippen molar-refractivity contribution in [3.8, 4) is 0 Å². The minimum atomic E-state index is -0.789. The Kier molecular flexibility index (Phi) is 8.97. The van der Waals surface area contributed by atoms with Crippen LogP contribution >= 0.6 is 7.26 Å². The Morgan fingerprint density at radius 2 is 1.20 bits per heavy atom. The second-order valence-corrected chi connectivity index (χ2v) is 12.2. The van der Waals surface area contributed by atoms with Gasteiger partial charge in [0.05, 0.1) is 24.6 Å². The van der Waals surface area contributed by atoms with Crippen LogP contribution in [0.15, 0.2) is 42.5 Å². The van der Waals surface area contributed by atoms with Crippen molar-refractivity contribution in [3.63, 3.8) is 0 Å². The molecular formula is C24H38P+. The summed E-state index contributed by atoms with van der Waals surface area (Å²) >= 11 is 0. The molecule has 0 aliphatic heterocycles. The van der Waals surface area contributed by atoms with Crippen molar-refractivity contribution in [1.82, 2.24) is 0 Å². The maximum Gasteiger partial charge on any atom is 0.0634 e. The van der Waals surface area contributed by atoms with Gasteiger partial charge < -0.3 is 0 Å². The van der Waals surface area contributed by atoms with Crippen LogP contribution in [-0.2, 0) is 6.42 Å². The molecular weight excluding hydrogens is 319 g/mol. The fourth-order valence-corrected chi connectivity index (χ4v) is 9.04. The summed E-state index contributed by atoms with van der Waals surface area (Å²) < 4.78 is 0. The first-order valence-electron chi connectivity index (χ1n) is 10.6. The largest absolute Gasteiger partial charge is 0.0652 e. The van der Waals surface area contributed by atoms with Crippen LogP contribution in [0.2, 0.25) is 0 Å². The lowest BCUT2D eigenvalue weighted by atomic mass is 10.0. The third-order valence-corrected chi connectivity index (χ3v) is 10.7. The van der Waals surface area contributed by atoms with Gasteiger partial charge in [-0.3, -0.25) is 0 Å². The number of benzene rings is 2. The van der Waals surface area contributed by atoms with E-state index in [2.05, 4.69) is 63.2 Å². The van der Waals surface area contributed by atoms with Gasteiger partial charge >= 0.3 is 0 Å². The zero-order chi connectivity index (χ0) is 18.0. The van der Waals surface area contributed by atoms with E-state index in [0.717, 1.165) is 0 Å². The van der Waals surface area contributed by atoms with Gasteiger partial charge in [-0.1, -0.05) is 82.5 Å². The molecule has 1 heteroatoms. The van der Waals surface area contributed by atoms with Crippen LogP contribution in [0.3, 0.4) is 0 Å². The SMILES string of the molecule is CCCC[P+](CCCC)(CCCC)CCc1cccc2ccccc12. The molecule has 0 saturated carbocycles. The minimum Gasteiger partial charge on any atom is -0.0652 e. The lowest BCUT2D eigenvalue weighted by Crippen LogP contribution is -2.14. The van der Waals surface area contributed by atoms with E-state index in [4.69, 9.17) is 0 Å². The van der Waals surface area contributed by atoms with Gasteiger partial charge in [0, 0.05) is 13.7 Å². The van der Waals surface area contributed by atoms with Gasteiger partial charge in [-0.2, -0.15) is 0 Å². The van der Waals surface area contributed by atoms with Crippen molar-refractivity contribution in [2.75, 3.05) is 24.6 Å². The number of hydrogen-bond donors (Lipinski definition) is 0. The van der Waals surface area contributed by atoms with Crippen LogP contribution in [-0.4, -0.2) is 24.6 Å². The Balaban J connectivity index is 2.18. The fraction of sp³-hybridized carbons (Fsp3) is 0.583. The molecule has 2 rings (SSSR count). The molecule has 0 N–H and O–H groups in total. The van der Waals surface area contributed by atoms with E-state index in [0.29, 0.717) is 0 Å². The van der Waals surface area contributed by atoms with Gasteiger partial charge in [0.2, 0.25) is 0 Å². The molecule has 0 unspecified atom stereocenters. The van der Waals surface area contributed by atoms with Gasteiger partial charge in [-0.25, -0.2) is 0 Å². The Morgan fingerprint density at radius 3 is 1.80 bits per heavy atom. The number of unbranched alkanes of at least 4 members (excludes halogenated alkanes) is 3. The summed E-state index contributed by atoms with van der Waals surface area (Å²) in [4.78, 5) is 0. The fourth-order valence-electron chi connectivity index (χ4n) is 4.02. The van der Waals surface area contributed by atoms with Crippen molar-refractivity contribution in [2.45, 2.75) is 65.7 Å². The maximum atomic E-state index is 2.37.